The quantitative estimate of drug-likeness (QED) is 0.362. The highest BCUT2D eigenvalue weighted by molar-refractivity contribution is 7.87. The molecule has 1 aliphatic rings. The number of nitrogens with zero attached hydrogens (tertiary/aromatic N) is 1. The van der Waals surface area contributed by atoms with Crippen molar-refractivity contribution in [3.05, 3.63) is 42.5 Å². The summed E-state index contributed by atoms with van der Waals surface area (Å²) in [6.07, 6.45) is 1.78. The molecule has 0 spiro atoms. The van der Waals surface area contributed by atoms with Gasteiger partial charge in [0.05, 0.1) is 11.0 Å². The maximum absolute atomic E-state index is 12.7. The van der Waals surface area contributed by atoms with Gasteiger partial charge in [-0.1, -0.05) is 13.8 Å². The van der Waals surface area contributed by atoms with Crippen LogP contribution in [0.5, 0.6) is 5.75 Å². The number of aliphatic hydroxyl groups is 1. The van der Waals surface area contributed by atoms with Crippen molar-refractivity contribution in [2.45, 2.75) is 31.6 Å². The number of anilines is 2. The van der Waals surface area contributed by atoms with Crippen LogP contribution in [-0.4, -0.2) is 42.6 Å². The van der Waals surface area contributed by atoms with Crippen molar-refractivity contribution < 1.29 is 22.5 Å². The fourth-order valence-electron chi connectivity index (χ4n) is 2.98. The summed E-state index contributed by atoms with van der Waals surface area (Å²) < 4.78 is 30.7. The zero-order valence-corrected chi connectivity index (χ0v) is 18.7. The van der Waals surface area contributed by atoms with Gasteiger partial charge in [0.15, 0.2) is 0 Å². The van der Waals surface area contributed by atoms with Crippen LogP contribution in [0.15, 0.2) is 47.4 Å². The van der Waals surface area contributed by atoms with Crippen LogP contribution >= 0.6 is 0 Å². The number of nitrogens with one attached hydrogen (secondary N) is 3. The number of amides is 1. The van der Waals surface area contributed by atoms with Crippen molar-refractivity contribution in [3.8, 4) is 5.75 Å². The third kappa shape index (κ3) is 5.20. The second-order valence-electron chi connectivity index (χ2n) is 8.77. The molecule has 1 aromatic heterocycles. The molecule has 0 bridgehead atoms. The van der Waals surface area contributed by atoms with Crippen LogP contribution in [0.25, 0.3) is 11.0 Å². The van der Waals surface area contributed by atoms with E-state index in [9.17, 15) is 18.3 Å². The van der Waals surface area contributed by atoms with Gasteiger partial charge in [-0.25, -0.2) is 4.98 Å². The summed E-state index contributed by atoms with van der Waals surface area (Å²) in [5.41, 5.74) is 1.58. The summed E-state index contributed by atoms with van der Waals surface area (Å²) in [6, 6.07) is 10.9. The SMILES string of the molecule is CC(C)(CO)CNc1ccc(S(=O)(=O)Oc2ccc3nc(NC(=O)C4CC4)[nH]c3c2)cc1. The van der Waals surface area contributed by atoms with E-state index in [4.69, 9.17) is 4.18 Å². The van der Waals surface area contributed by atoms with Crippen molar-refractivity contribution in [1.29, 1.82) is 0 Å². The molecule has 1 fully saturated rings. The molecular formula is C22H26N4O5S. The molecule has 10 heteroatoms. The van der Waals surface area contributed by atoms with Gasteiger partial charge in [0.1, 0.15) is 10.6 Å². The summed E-state index contributed by atoms with van der Waals surface area (Å²) in [5.74, 6) is 0.438. The maximum atomic E-state index is 12.7. The average Bonchev–Trinajstić information content (AvgIpc) is 3.53. The predicted octanol–water partition coefficient (Wildman–Crippen LogP) is 3.11. The van der Waals surface area contributed by atoms with Crippen LogP contribution < -0.4 is 14.8 Å². The number of fused-ring (bicyclic) bond motifs is 1. The molecule has 0 unspecified atom stereocenters. The number of aromatic nitrogens is 2. The van der Waals surface area contributed by atoms with Crippen molar-refractivity contribution >= 4 is 38.7 Å². The second-order valence-corrected chi connectivity index (χ2v) is 10.3. The van der Waals surface area contributed by atoms with Crippen LogP contribution in [-0.2, 0) is 14.9 Å². The fourth-order valence-corrected chi connectivity index (χ4v) is 3.90. The number of aromatic amines is 1. The third-order valence-corrected chi connectivity index (χ3v) is 6.45. The minimum atomic E-state index is -4.03. The first-order valence-electron chi connectivity index (χ1n) is 10.4. The Labute approximate surface area is 186 Å². The number of H-pyrrole nitrogens is 1. The Balaban J connectivity index is 1.44. The summed E-state index contributed by atoms with van der Waals surface area (Å²) in [7, 11) is -4.03. The summed E-state index contributed by atoms with van der Waals surface area (Å²) in [5, 5.41) is 15.2. The molecule has 1 amide bonds. The number of hydrogen-bond acceptors (Lipinski definition) is 7. The van der Waals surface area contributed by atoms with Gasteiger partial charge >= 0.3 is 10.1 Å². The van der Waals surface area contributed by atoms with Crippen LogP contribution in [0.4, 0.5) is 11.6 Å². The van der Waals surface area contributed by atoms with Crippen molar-refractivity contribution in [3.63, 3.8) is 0 Å². The third-order valence-electron chi connectivity index (χ3n) is 5.19. The molecule has 4 rings (SSSR count). The molecule has 0 aliphatic heterocycles. The first-order chi connectivity index (χ1) is 15.1. The van der Waals surface area contributed by atoms with E-state index in [0.717, 1.165) is 18.5 Å². The molecular weight excluding hydrogens is 432 g/mol. The van der Waals surface area contributed by atoms with E-state index in [2.05, 4.69) is 20.6 Å². The molecule has 0 saturated heterocycles. The average molecular weight is 459 g/mol. The summed E-state index contributed by atoms with van der Waals surface area (Å²) >= 11 is 0. The number of carbonyl (C=O) groups is 1. The van der Waals surface area contributed by atoms with Gasteiger partial charge in [-0.2, -0.15) is 8.42 Å². The number of imidazole rings is 1. The number of aliphatic hydroxyl groups excluding tert-OH is 1. The number of hydrogen-bond donors (Lipinski definition) is 4. The highest BCUT2D eigenvalue weighted by Gasteiger charge is 2.30. The molecule has 2 aromatic carbocycles. The Morgan fingerprint density at radius 2 is 1.94 bits per heavy atom. The van der Waals surface area contributed by atoms with Gasteiger partial charge in [0, 0.05) is 36.2 Å². The monoisotopic (exact) mass is 458 g/mol. The minimum absolute atomic E-state index is 0.0200. The molecule has 9 nitrogen and oxygen atoms in total. The van der Waals surface area contributed by atoms with E-state index in [1.54, 1.807) is 18.2 Å². The molecule has 1 heterocycles. The lowest BCUT2D eigenvalue weighted by Crippen LogP contribution is -2.26. The van der Waals surface area contributed by atoms with Crippen LogP contribution in [0, 0.1) is 11.3 Å². The van der Waals surface area contributed by atoms with E-state index in [1.165, 1.54) is 24.3 Å². The Kier molecular flexibility index (Phi) is 5.83. The molecule has 1 aliphatic carbocycles. The summed E-state index contributed by atoms with van der Waals surface area (Å²) in [6.45, 7) is 4.43. The van der Waals surface area contributed by atoms with Gasteiger partial charge in [-0.05, 0) is 49.2 Å². The van der Waals surface area contributed by atoms with E-state index in [-0.39, 0.29) is 34.5 Å². The smallest absolute Gasteiger partial charge is 0.339 e. The highest BCUT2D eigenvalue weighted by Crippen LogP contribution is 2.30. The normalized spacial score (nSPS) is 14.3. The first kappa shape index (κ1) is 22.1. The summed E-state index contributed by atoms with van der Waals surface area (Å²) in [4.78, 5) is 19.2. The predicted molar refractivity (Wildman–Crippen MR) is 121 cm³/mol. The topological polar surface area (TPSA) is 133 Å². The highest BCUT2D eigenvalue weighted by atomic mass is 32.2. The lowest BCUT2D eigenvalue weighted by Gasteiger charge is -2.22. The minimum Gasteiger partial charge on any atom is -0.396 e. The second kappa shape index (κ2) is 8.44. The van der Waals surface area contributed by atoms with Crippen LogP contribution in [0.1, 0.15) is 26.7 Å². The number of benzene rings is 2. The lowest BCUT2D eigenvalue weighted by molar-refractivity contribution is -0.117. The van der Waals surface area contributed by atoms with E-state index in [0.29, 0.717) is 23.5 Å². The van der Waals surface area contributed by atoms with Crippen molar-refractivity contribution in [1.82, 2.24) is 9.97 Å². The Morgan fingerprint density at radius 3 is 2.59 bits per heavy atom. The van der Waals surface area contributed by atoms with Crippen molar-refractivity contribution in [2.24, 2.45) is 11.3 Å². The molecule has 4 N–H and O–H groups in total. The molecule has 170 valence electrons. The Hall–Kier alpha value is -3.11. The van der Waals surface area contributed by atoms with Gasteiger partial charge in [0.25, 0.3) is 0 Å². The lowest BCUT2D eigenvalue weighted by atomic mass is 9.95. The molecule has 32 heavy (non-hydrogen) atoms. The number of rotatable bonds is 9. The largest absolute Gasteiger partial charge is 0.396 e. The van der Waals surface area contributed by atoms with Crippen LogP contribution in [0.2, 0.25) is 0 Å². The zero-order valence-electron chi connectivity index (χ0n) is 17.9. The van der Waals surface area contributed by atoms with Gasteiger partial charge < -0.3 is 19.6 Å². The molecule has 0 radical (unpaired) electrons. The number of carbonyl (C=O) groups excluding carboxylic acids is 1. The molecule has 3 aromatic rings. The van der Waals surface area contributed by atoms with E-state index in [1.807, 2.05) is 13.8 Å². The molecule has 1 saturated carbocycles. The standard InChI is InChI=1S/C22H26N4O5S/c1-22(2,13-27)12-23-15-5-8-17(9-6-15)32(29,30)31-16-7-10-18-19(11-16)25-21(24-18)26-20(28)14-3-4-14/h5-11,14,23,27H,3-4,12-13H2,1-2H3,(H2,24,25,26,28). The van der Waals surface area contributed by atoms with Crippen LogP contribution in [0.3, 0.4) is 0 Å². The first-order valence-corrected chi connectivity index (χ1v) is 11.8. The Bertz CT molecular complexity index is 1230. The van der Waals surface area contributed by atoms with Gasteiger partial charge in [-0.3, -0.25) is 10.1 Å². The van der Waals surface area contributed by atoms with E-state index >= 15 is 0 Å². The Morgan fingerprint density at radius 1 is 1.22 bits per heavy atom. The zero-order chi connectivity index (χ0) is 22.9. The molecule has 0 atom stereocenters. The fraction of sp³-hybridized carbons (Fsp3) is 0.364. The van der Waals surface area contributed by atoms with Crippen molar-refractivity contribution in [2.75, 3.05) is 23.8 Å². The van der Waals surface area contributed by atoms with E-state index < -0.39 is 10.1 Å². The maximum Gasteiger partial charge on any atom is 0.339 e. The van der Waals surface area contributed by atoms with Gasteiger partial charge in [-0.15, -0.1) is 0 Å². The van der Waals surface area contributed by atoms with Gasteiger partial charge in [0.2, 0.25) is 11.9 Å².